The van der Waals surface area contributed by atoms with Crippen LogP contribution in [-0.4, -0.2) is 74.8 Å². The van der Waals surface area contributed by atoms with Gasteiger partial charge < -0.3 is 0 Å². The molecule has 0 unspecified atom stereocenters. The van der Waals surface area contributed by atoms with Crippen molar-refractivity contribution in [2.24, 2.45) is 0 Å². The van der Waals surface area contributed by atoms with Gasteiger partial charge in [0.2, 0.25) is 0 Å². The Kier molecular flexibility index (Phi) is 3.76. The molecular formula is C10H24N2P2. The quantitative estimate of drug-likeness (QED) is 0.673. The highest BCUT2D eigenvalue weighted by Crippen LogP contribution is 2.45. The molecule has 1 saturated heterocycles. The molecule has 0 N–H and O–H groups in total. The van der Waals surface area contributed by atoms with Gasteiger partial charge in [0.15, 0.2) is 0 Å². The summed E-state index contributed by atoms with van der Waals surface area (Å²) in [5.41, 5.74) is 0. The minimum absolute atomic E-state index is 1.02. The molecule has 0 aromatic heterocycles. The number of nitrogens with zero attached hydrogens (tertiary/aromatic N) is 2. The monoisotopic (exact) mass is 234 g/mol. The third-order valence-corrected chi connectivity index (χ3v) is 6.63. The summed E-state index contributed by atoms with van der Waals surface area (Å²) in [4.78, 5) is 0. The second kappa shape index (κ2) is 4.18. The van der Waals surface area contributed by atoms with Gasteiger partial charge in [0.1, 0.15) is 0 Å². The van der Waals surface area contributed by atoms with Crippen LogP contribution in [0.4, 0.5) is 0 Å². The summed E-state index contributed by atoms with van der Waals surface area (Å²) < 4.78 is 5.14. The van der Waals surface area contributed by atoms with E-state index in [0.717, 1.165) is 0 Å². The SMILES string of the molecule is C=P(C)(C)N1CCN(P(=C)(C)C)CC1. The van der Waals surface area contributed by atoms with Crippen molar-refractivity contribution in [3.8, 4) is 0 Å². The first-order chi connectivity index (χ1) is 6.21. The minimum atomic E-state index is -1.02. The van der Waals surface area contributed by atoms with Crippen LogP contribution in [-0.2, 0) is 0 Å². The van der Waals surface area contributed by atoms with E-state index < -0.39 is 14.1 Å². The van der Waals surface area contributed by atoms with E-state index >= 15 is 0 Å². The smallest absolute Gasteiger partial charge is 0.0152 e. The molecule has 0 amide bonds. The number of hydrogen-bond acceptors (Lipinski definition) is 2. The topological polar surface area (TPSA) is 6.48 Å². The van der Waals surface area contributed by atoms with E-state index in [1.807, 2.05) is 0 Å². The lowest BCUT2D eigenvalue weighted by atomic mass is 10.4. The standard InChI is InChI=1S/C10H24N2P2/c1-13(2,3)11-7-9-12(10-8-11)14(4,5)6/h1,4,7-10H2,2-3,5-6H3. The molecule has 1 aliphatic rings. The summed E-state index contributed by atoms with van der Waals surface area (Å²) in [6.45, 7) is 13.9. The zero-order chi connectivity index (χ0) is 11.0. The molecule has 84 valence electrons. The van der Waals surface area contributed by atoms with E-state index in [-0.39, 0.29) is 0 Å². The Morgan fingerprint density at radius 3 is 1.07 bits per heavy atom. The van der Waals surface area contributed by atoms with Crippen molar-refractivity contribution in [2.45, 2.75) is 0 Å². The van der Waals surface area contributed by atoms with Crippen LogP contribution < -0.4 is 0 Å². The molecular weight excluding hydrogens is 210 g/mol. The summed E-state index contributed by atoms with van der Waals surface area (Å²) in [5.74, 6) is 0. The van der Waals surface area contributed by atoms with E-state index in [1.165, 1.54) is 26.2 Å². The predicted octanol–water partition coefficient (Wildman–Crippen LogP) is 1.85. The second-order valence-corrected chi connectivity index (χ2v) is 12.8. The fourth-order valence-corrected chi connectivity index (χ4v) is 4.29. The lowest BCUT2D eigenvalue weighted by Crippen LogP contribution is -2.42. The van der Waals surface area contributed by atoms with Crippen molar-refractivity contribution >= 4 is 26.7 Å². The molecule has 4 heteroatoms. The van der Waals surface area contributed by atoms with Gasteiger partial charge in [-0.05, 0) is 26.7 Å². The molecule has 2 nitrogen and oxygen atoms in total. The maximum atomic E-state index is 4.29. The maximum Gasteiger partial charge on any atom is 0.0152 e. The number of piperazine rings is 1. The highest BCUT2D eigenvalue weighted by Gasteiger charge is 2.23. The van der Waals surface area contributed by atoms with Gasteiger partial charge in [-0.1, -0.05) is 26.7 Å². The third-order valence-electron chi connectivity index (χ3n) is 2.76. The highest BCUT2D eigenvalue weighted by atomic mass is 31.2. The molecule has 0 aliphatic carbocycles. The Bertz CT molecular complexity index is 248. The predicted molar refractivity (Wildman–Crippen MR) is 74.9 cm³/mol. The van der Waals surface area contributed by atoms with Crippen LogP contribution in [0, 0.1) is 0 Å². The van der Waals surface area contributed by atoms with Crippen LogP contribution in [0.25, 0.3) is 0 Å². The fourth-order valence-electron chi connectivity index (χ4n) is 1.77. The van der Waals surface area contributed by atoms with Crippen molar-refractivity contribution in [1.29, 1.82) is 0 Å². The Balaban J connectivity index is 2.56. The lowest BCUT2D eigenvalue weighted by Gasteiger charge is -2.43. The maximum absolute atomic E-state index is 4.29. The van der Waals surface area contributed by atoms with E-state index in [1.54, 1.807) is 0 Å². The van der Waals surface area contributed by atoms with E-state index in [2.05, 4.69) is 48.6 Å². The summed E-state index contributed by atoms with van der Waals surface area (Å²) in [5, 5.41) is 0. The van der Waals surface area contributed by atoms with Crippen molar-refractivity contribution in [2.75, 3.05) is 52.8 Å². The summed E-state index contributed by atoms with van der Waals surface area (Å²) in [6.07, 6.45) is 8.59. The average Bonchev–Trinajstić information content (AvgIpc) is 2.01. The first-order valence-electron chi connectivity index (χ1n) is 5.09. The zero-order valence-electron chi connectivity index (χ0n) is 10.0. The highest BCUT2D eigenvalue weighted by molar-refractivity contribution is 7.70. The Labute approximate surface area is 89.3 Å². The fraction of sp³-hybridized carbons (Fsp3) is 0.800. The first kappa shape index (κ1) is 12.6. The van der Waals surface area contributed by atoms with Gasteiger partial charge in [-0.25, -0.2) is 0 Å². The summed E-state index contributed by atoms with van der Waals surface area (Å²) in [6, 6.07) is 0. The van der Waals surface area contributed by atoms with Gasteiger partial charge in [-0.3, -0.25) is 9.34 Å². The van der Waals surface area contributed by atoms with Crippen molar-refractivity contribution in [3.05, 3.63) is 0 Å². The third kappa shape index (κ3) is 3.28. The van der Waals surface area contributed by atoms with Crippen molar-refractivity contribution < 1.29 is 0 Å². The van der Waals surface area contributed by atoms with E-state index in [4.69, 9.17) is 0 Å². The number of hydrogen-bond donors (Lipinski definition) is 0. The second-order valence-electron chi connectivity index (χ2n) is 5.15. The van der Waals surface area contributed by atoms with E-state index in [0.29, 0.717) is 0 Å². The van der Waals surface area contributed by atoms with Gasteiger partial charge in [0, 0.05) is 26.2 Å². The Hall–Kier alpha value is 0.520. The molecule has 0 saturated carbocycles. The molecule has 1 rings (SSSR count). The van der Waals surface area contributed by atoms with Gasteiger partial charge >= 0.3 is 0 Å². The Morgan fingerprint density at radius 2 is 0.929 bits per heavy atom. The van der Waals surface area contributed by atoms with Crippen LogP contribution in [0.3, 0.4) is 0 Å². The molecule has 1 heterocycles. The van der Waals surface area contributed by atoms with Crippen LogP contribution in [0.1, 0.15) is 0 Å². The van der Waals surface area contributed by atoms with Crippen LogP contribution in [0.2, 0.25) is 0 Å². The van der Waals surface area contributed by atoms with Gasteiger partial charge in [-0.15, -0.1) is 0 Å². The lowest BCUT2D eigenvalue weighted by molar-refractivity contribution is 0.295. The van der Waals surface area contributed by atoms with Crippen molar-refractivity contribution in [3.63, 3.8) is 0 Å². The van der Waals surface area contributed by atoms with Gasteiger partial charge in [-0.2, -0.15) is 0 Å². The zero-order valence-corrected chi connectivity index (χ0v) is 11.8. The molecule has 1 aliphatic heterocycles. The summed E-state index contributed by atoms with van der Waals surface area (Å²) >= 11 is 0. The minimum Gasteiger partial charge on any atom is -0.282 e. The largest absolute Gasteiger partial charge is 0.282 e. The summed E-state index contributed by atoms with van der Waals surface area (Å²) in [7, 11) is -2.04. The van der Waals surface area contributed by atoms with Gasteiger partial charge in [0.25, 0.3) is 0 Å². The van der Waals surface area contributed by atoms with Gasteiger partial charge in [0.05, 0.1) is 0 Å². The molecule has 0 spiro atoms. The molecule has 0 aromatic rings. The molecule has 0 radical (unpaired) electrons. The van der Waals surface area contributed by atoms with Crippen LogP contribution >= 0.6 is 14.1 Å². The van der Waals surface area contributed by atoms with E-state index in [9.17, 15) is 0 Å². The van der Waals surface area contributed by atoms with Crippen LogP contribution in [0.15, 0.2) is 0 Å². The number of rotatable bonds is 2. The molecule has 1 fully saturated rings. The average molecular weight is 234 g/mol. The molecule has 14 heavy (non-hydrogen) atoms. The van der Waals surface area contributed by atoms with Crippen LogP contribution in [0.5, 0.6) is 0 Å². The molecule has 0 aromatic carbocycles. The Morgan fingerprint density at radius 1 is 0.714 bits per heavy atom. The molecule has 0 atom stereocenters. The van der Waals surface area contributed by atoms with Crippen molar-refractivity contribution in [1.82, 2.24) is 9.34 Å². The molecule has 0 bridgehead atoms. The normalized spacial score (nSPS) is 22.6. The first-order valence-corrected chi connectivity index (χ1v) is 10.7.